The Kier molecular flexibility index (Phi) is 61.5. The Labute approximate surface area is 461 Å². The molecular formula is C68H127NO5. The Morgan fingerprint density at radius 1 is 0.378 bits per heavy atom. The van der Waals surface area contributed by atoms with E-state index < -0.39 is 12.1 Å². The summed E-state index contributed by atoms with van der Waals surface area (Å²) in [6.45, 7) is 4.89. The average molecular weight is 1040 g/mol. The Morgan fingerprint density at radius 2 is 0.676 bits per heavy atom. The first-order chi connectivity index (χ1) is 36.5. The van der Waals surface area contributed by atoms with Crippen LogP contribution in [0.4, 0.5) is 0 Å². The van der Waals surface area contributed by atoms with E-state index in [4.69, 9.17) is 4.74 Å². The minimum Gasteiger partial charge on any atom is -0.466 e. The molecule has 0 radical (unpaired) electrons. The Balaban J connectivity index is 3.42. The van der Waals surface area contributed by atoms with Gasteiger partial charge in [-0.1, -0.05) is 294 Å². The molecule has 74 heavy (non-hydrogen) atoms. The van der Waals surface area contributed by atoms with Gasteiger partial charge in [0.05, 0.1) is 25.4 Å². The highest BCUT2D eigenvalue weighted by atomic mass is 16.5. The van der Waals surface area contributed by atoms with Gasteiger partial charge in [-0.05, 0) is 89.9 Å². The quantitative estimate of drug-likeness (QED) is 0.0320. The number of unbranched alkanes of at least 4 members (excludes halogenated alkanes) is 44. The van der Waals surface area contributed by atoms with E-state index in [0.29, 0.717) is 19.4 Å². The fourth-order valence-corrected chi connectivity index (χ4v) is 10.0. The summed E-state index contributed by atoms with van der Waals surface area (Å²) in [6, 6.07) is -0.632. The SMILES string of the molecule is CCCCCC/C=C\C/C=C\CCCCCCCCCC(=O)OCCCCCCCCCCCCCC/C=C\CCCCCCCCCCC(=O)NC(CO)C(O)/C=C/CCCCCCCCCCCCCCC. The van der Waals surface area contributed by atoms with Gasteiger partial charge in [0.25, 0.3) is 0 Å². The van der Waals surface area contributed by atoms with Gasteiger partial charge in [-0.25, -0.2) is 0 Å². The molecule has 0 aliphatic carbocycles. The number of rotatable bonds is 61. The highest BCUT2D eigenvalue weighted by Gasteiger charge is 2.18. The lowest BCUT2D eigenvalue weighted by Crippen LogP contribution is -2.45. The van der Waals surface area contributed by atoms with Crippen molar-refractivity contribution < 1.29 is 24.5 Å². The fraction of sp³-hybridized carbons (Fsp3) is 0.853. The van der Waals surface area contributed by atoms with Crippen molar-refractivity contribution in [1.29, 1.82) is 0 Å². The lowest BCUT2D eigenvalue weighted by Gasteiger charge is -2.20. The van der Waals surface area contributed by atoms with Crippen LogP contribution >= 0.6 is 0 Å². The molecular weight excluding hydrogens is 911 g/mol. The number of esters is 1. The molecule has 0 aromatic heterocycles. The monoisotopic (exact) mass is 1040 g/mol. The molecule has 1 amide bonds. The van der Waals surface area contributed by atoms with Gasteiger partial charge in [0.2, 0.25) is 5.91 Å². The predicted octanol–water partition coefficient (Wildman–Crippen LogP) is 20.9. The molecule has 3 N–H and O–H groups in total. The fourth-order valence-electron chi connectivity index (χ4n) is 10.0. The van der Waals surface area contributed by atoms with Gasteiger partial charge >= 0.3 is 5.97 Å². The van der Waals surface area contributed by atoms with Crippen LogP contribution in [0.5, 0.6) is 0 Å². The minimum absolute atomic E-state index is 0.00461. The van der Waals surface area contributed by atoms with Gasteiger partial charge in [0.15, 0.2) is 0 Å². The molecule has 434 valence electrons. The molecule has 0 aliphatic rings. The number of amides is 1. The summed E-state index contributed by atoms with van der Waals surface area (Å²) < 4.78 is 5.49. The maximum Gasteiger partial charge on any atom is 0.305 e. The van der Waals surface area contributed by atoms with E-state index in [-0.39, 0.29) is 18.5 Å². The molecule has 0 aliphatic heterocycles. The molecule has 0 saturated heterocycles. The lowest BCUT2D eigenvalue weighted by atomic mass is 10.0. The highest BCUT2D eigenvalue weighted by Crippen LogP contribution is 2.17. The van der Waals surface area contributed by atoms with E-state index in [2.05, 4.69) is 55.6 Å². The second-order valence-electron chi connectivity index (χ2n) is 22.4. The van der Waals surface area contributed by atoms with Crippen LogP contribution in [0.15, 0.2) is 48.6 Å². The summed E-state index contributed by atoms with van der Waals surface area (Å²) in [5, 5.41) is 23.1. The molecule has 0 saturated carbocycles. The molecule has 0 aromatic rings. The zero-order valence-corrected chi connectivity index (χ0v) is 49.6. The smallest absolute Gasteiger partial charge is 0.305 e. The molecule has 0 aromatic carbocycles. The number of aliphatic hydroxyl groups excluding tert-OH is 2. The molecule has 6 nitrogen and oxygen atoms in total. The largest absolute Gasteiger partial charge is 0.466 e. The van der Waals surface area contributed by atoms with Gasteiger partial charge < -0.3 is 20.3 Å². The topological polar surface area (TPSA) is 95.9 Å². The van der Waals surface area contributed by atoms with Crippen LogP contribution in [0.1, 0.15) is 348 Å². The van der Waals surface area contributed by atoms with Crippen LogP contribution in [-0.2, 0) is 14.3 Å². The van der Waals surface area contributed by atoms with Crippen molar-refractivity contribution in [3.05, 3.63) is 48.6 Å². The van der Waals surface area contributed by atoms with Crippen molar-refractivity contribution in [2.45, 2.75) is 360 Å². The molecule has 0 fully saturated rings. The van der Waals surface area contributed by atoms with E-state index in [1.54, 1.807) is 6.08 Å². The van der Waals surface area contributed by atoms with Gasteiger partial charge in [0.1, 0.15) is 0 Å². The summed E-state index contributed by atoms with van der Waals surface area (Å²) in [5.74, 6) is -0.0670. The van der Waals surface area contributed by atoms with Crippen LogP contribution in [0.25, 0.3) is 0 Å². The number of allylic oxidation sites excluding steroid dienone is 7. The normalized spacial score (nSPS) is 12.9. The molecule has 2 unspecified atom stereocenters. The summed E-state index contributed by atoms with van der Waals surface area (Å²) in [4.78, 5) is 24.6. The van der Waals surface area contributed by atoms with Crippen LogP contribution in [0.2, 0.25) is 0 Å². The number of hydrogen-bond donors (Lipinski definition) is 3. The van der Waals surface area contributed by atoms with E-state index in [9.17, 15) is 19.8 Å². The van der Waals surface area contributed by atoms with Crippen LogP contribution < -0.4 is 5.32 Å². The van der Waals surface area contributed by atoms with Crippen molar-refractivity contribution in [1.82, 2.24) is 5.32 Å². The maximum atomic E-state index is 12.5. The summed E-state index contributed by atoms with van der Waals surface area (Å²) >= 11 is 0. The van der Waals surface area contributed by atoms with E-state index in [1.807, 2.05) is 6.08 Å². The standard InChI is InChI=1S/C68H127NO5/c1-3-5-7-9-11-13-15-17-19-20-30-34-38-42-46-50-54-58-62-68(73)74-63-59-55-51-47-43-39-35-31-28-26-24-22-21-23-25-27-29-33-37-41-45-49-53-57-61-67(72)69-65(64-70)66(71)60-56-52-48-44-40-36-32-18-16-14-12-10-8-6-4-2/h13,15,19-20,23,25,56,60,65-66,70-71H,3-12,14,16-18,21-22,24,26-55,57-59,61-64H2,1-2H3,(H,69,72)/b15-13-,20-19-,25-23-,60-56+. The Bertz CT molecular complexity index is 1240. The first kappa shape index (κ1) is 71.8. The van der Waals surface area contributed by atoms with E-state index in [0.717, 1.165) is 51.4 Å². The van der Waals surface area contributed by atoms with Gasteiger partial charge in [-0.15, -0.1) is 0 Å². The van der Waals surface area contributed by atoms with Crippen molar-refractivity contribution in [2.75, 3.05) is 13.2 Å². The van der Waals surface area contributed by atoms with E-state index in [1.165, 1.54) is 270 Å². The molecule has 2 atom stereocenters. The number of carbonyl (C=O) groups is 2. The molecule has 0 rings (SSSR count). The number of carbonyl (C=O) groups excluding carboxylic acids is 2. The van der Waals surface area contributed by atoms with Crippen LogP contribution in [0, 0.1) is 0 Å². The number of nitrogens with one attached hydrogen (secondary N) is 1. The Morgan fingerprint density at radius 3 is 1.05 bits per heavy atom. The molecule has 6 heteroatoms. The third-order valence-electron chi connectivity index (χ3n) is 15.1. The van der Waals surface area contributed by atoms with Gasteiger partial charge in [-0.2, -0.15) is 0 Å². The van der Waals surface area contributed by atoms with Crippen molar-refractivity contribution in [3.8, 4) is 0 Å². The number of aliphatic hydroxyl groups is 2. The lowest BCUT2D eigenvalue weighted by molar-refractivity contribution is -0.143. The maximum absolute atomic E-state index is 12.5. The van der Waals surface area contributed by atoms with Crippen LogP contribution in [-0.4, -0.2) is 47.4 Å². The van der Waals surface area contributed by atoms with Crippen molar-refractivity contribution in [3.63, 3.8) is 0 Å². The Hall–Kier alpha value is -2.18. The van der Waals surface area contributed by atoms with Gasteiger partial charge in [-0.3, -0.25) is 9.59 Å². The molecule has 0 bridgehead atoms. The first-order valence-corrected chi connectivity index (χ1v) is 32.9. The molecule has 0 spiro atoms. The third-order valence-corrected chi connectivity index (χ3v) is 15.1. The van der Waals surface area contributed by atoms with E-state index >= 15 is 0 Å². The number of ether oxygens (including phenoxy) is 1. The number of hydrogen-bond acceptors (Lipinski definition) is 5. The average Bonchev–Trinajstić information content (AvgIpc) is 3.40. The zero-order valence-electron chi connectivity index (χ0n) is 49.6. The van der Waals surface area contributed by atoms with Crippen molar-refractivity contribution in [2.24, 2.45) is 0 Å². The summed E-state index contributed by atoms with van der Waals surface area (Å²) in [7, 11) is 0. The predicted molar refractivity (Wildman–Crippen MR) is 324 cm³/mol. The summed E-state index contributed by atoms with van der Waals surface area (Å²) in [6.07, 6.45) is 81.6. The minimum atomic E-state index is -0.848. The van der Waals surface area contributed by atoms with Crippen LogP contribution in [0.3, 0.4) is 0 Å². The highest BCUT2D eigenvalue weighted by molar-refractivity contribution is 5.76. The third kappa shape index (κ3) is 59.1. The van der Waals surface area contributed by atoms with Gasteiger partial charge in [0, 0.05) is 12.8 Å². The second-order valence-corrected chi connectivity index (χ2v) is 22.4. The van der Waals surface area contributed by atoms with Crippen molar-refractivity contribution >= 4 is 11.9 Å². The molecule has 0 heterocycles. The first-order valence-electron chi connectivity index (χ1n) is 32.9. The second kappa shape index (κ2) is 63.4. The zero-order chi connectivity index (χ0) is 53.6. The summed E-state index contributed by atoms with van der Waals surface area (Å²) in [5.41, 5.74) is 0.